The van der Waals surface area contributed by atoms with E-state index in [9.17, 15) is 39.3 Å². The second kappa shape index (κ2) is 22.7. The first kappa shape index (κ1) is 52.6. The largest absolute Gasteiger partial charge is 0.508 e. The zero-order chi connectivity index (χ0) is 54.5. The number of aliphatic carboxylic acids is 1. The normalized spacial score (nSPS) is 15.1. The summed E-state index contributed by atoms with van der Waals surface area (Å²) in [5, 5.41) is 50.8. The highest BCUT2D eigenvalue weighted by atomic mass is 16.4. The minimum atomic E-state index is -1.24. The average Bonchev–Trinajstić information content (AvgIpc) is 4.14. The van der Waals surface area contributed by atoms with Crippen LogP contribution < -0.4 is 32.0 Å². The molecule has 0 radical (unpaired) electrons. The number of benzene rings is 3. The van der Waals surface area contributed by atoms with Crippen molar-refractivity contribution in [2.45, 2.75) is 65.0 Å². The number of phenols is 1. The molecule has 77 heavy (non-hydrogen) atoms. The summed E-state index contributed by atoms with van der Waals surface area (Å²) in [4.78, 5) is 91.0. The van der Waals surface area contributed by atoms with Crippen LogP contribution in [0.1, 0.15) is 73.9 Å². The number of aromatic carboxylic acids is 1. The first-order valence-electron chi connectivity index (χ1n) is 25.3. The minimum absolute atomic E-state index is 0.0177. The van der Waals surface area contributed by atoms with Crippen molar-refractivity contribution >= 4 is 64.2 Å². The molecule has 26 nitrogen and oxygen atoms in total. The number of aryl methyl sites for hydroxylation is 2. The fourth-order valence-electron chi connectivity index (χ4n) is 9.53. The van der Waals surface area contributed by atoms with Crippen LogP contribution in [0.3, 0.4) is 0 Å². The lowest BCUT2D eigenvalue weighted by molar-refractivity contribution is -0.138. The molecule has 3 aliphatic heterocycles. The van der Waals surface area contributed by atoms with E-state index >= 15 is 0 Å². The van der Waals surface area contributed by atoms with Gasteiger partial charge >= 0.3 is 11.9 Å². The van der Waals surface area contributed by atoms with Gasteiger partial charge in [-0.3, -0.25) is 24.2 Å². The number of carbonyl (C=O) groups is 4. The fourth-order valence-corrected chi connectivity index (χ4v) is 9.53. The fraction of sp³-hybridized carbons (Fsp3) is 0.392. The van der Waals surface area contributed by atoms with Crippen molar-refractivity contribution in [1.82, 2.24) is 54.7 Å². The Morgan fingerprint density at radius 2 is 1.40 bits per heavy atom. The molecule has 402 valence electrons. The second-order valence-electron chi connectivity index (χ2n) is 19.1. The smallest absolute Gasteiger partial charge is 0.336 e. The molecule has 0 saturated carbocycles. The van der Waals surface area contributed by atoms with Crippen LogP contribution in [0.5, 0.6) is 5.75 Å². The third-order valence-corrected chi connectivity index (χ3v) is 13.9. The molecule has 9 rings (SSSR count). The molecule has 26 heteroatoms. The Labute approximate surface area is 440 Å². The number of guanidine groups is 1. The molecule has 2 amide bonds. The van der Waals surface area contributed by atoms with E-state index in [1.54, 1.807) is 58.1 Å². The maximum Gasteiger partial charge on any atom is 0.336 e. The number of piperazine rings is 2. The highest BCUT2D eigenvalue weighted by molar-refractivity contribution is 6.08. The number of fused-ring (bicyclic) bond motifs is 2. The standard InChI is InChI=1S/C51H59N17O9/c1-4-29(2)44(68-28-33(60-62-68)8-14-42(71)72)46(74)64-18-22-66(23-19-64)51-57-49(56-50(58-51)65-20-16-63(17-21-65)45(73)30(3)67-27-32(59-61-67)6-5-15-54-48(52)53)55-31-7-11-36(39(24-31)47(75)76)43-37-12-9-34(69)25-40(37)77-41-26-35(70)10-13-38(41)43/h7,9-13,24-30,44,69H,4-6,8,14-23H2,1-3H3,(H,71,72)(H,75,76)(H4,52,53,54)(H,55,56,57,58)/t29-,30-,44-/m0/s1. The van der Waals surface area contributed by atoms with Crippen molar-refractivity contribution in [3.8, 4) is 28.2 Å². The summed E-state index contributed by atoms with van der Waals surface area (Å²) in [5.74, 6) is -1.71. The van der Waals surface area contributed by atoms with Crippen molar-refractivity contribution in [3.05, 3.63) is 94.2 Å². The second-order valence-corrected chi connectivity index (χ2v) is 19.1. The first-order chi connectivity index (χ1) is 37.0. The highest BCUT2D eigenvalue weighted by Crippen LogP contribution is 2.43. The molecular weight excluding hydrogens is 995 g/mol. The van der Waals surface area contributed by atoms with Gasteiger partial charge in [0.15, 0.2) is 11.4 Å². The van der Waals surface area contributed by atoms with E-state index < -0.39 is 24.0 Å². The summed E-state index contributed by atoms with van der Waals surface area (Å²) in [6.07, 6.45) is 5.39. The van der Waals surface area contributed by atoms with Crippen LogP contribution in [-0.4, -0.2) is 159 Å². The summed E-state index contributed by atoms with van der Waals surface area (Å²) in [5.41, 5.74) is 13.6. The van der Waals surface area contributed by atoms with Gasteiger partial charge in [-0.05, 0) is 67.6 Å². The molecule has 5 aromatic rings. The number of amides is 2. The summed E-state index contributed by atoms with van der Waals surface area (Å²) >= 11 is 0. The molecule has 1 aliphatic carbocycles. The predicted molar refractivity (Wildman–Crippen MR) is 282 cm³/mol. The minimum Gasteiger partial charge on any atom is -0.508 e. The molecule has 3 aromatic heterocycles. The van der Waals surface area contributed by atoms with E-state index in [-0.39, 0.29) is 70.6 Å². The molecular formula is C51H59N17O9. The Kier molecular flexibility index (Phi) is 15.5. The molecule has 4 aliphatic rings. The van der Waals surface area contributed by atoms with Gasteiger partial charge in [-0.25, -0.2) is 14.2 Å². The maximum atomic E-state index is 14.3. The van der Waals surface area contributed by atoms with Gasteiger partial charge in [0, 0.05) is 112 Å². The maximum absolute atomic E-state index is 14.3. The molecule has 6 heterocycles. The van der Waals surface area contributed by atoms with E-state index in [2.05, 4.69) is 30.9 Å². The van der Waals surface area contributed by atoms with Crippen LogP contribution in [0.2, 0.25) is 0 Å². The van der Waals surface area contributed by atoms with Crippen LogP contribution in [0.25, 0.3) is 33.4 Å². The number of nitrogens with two attached hydrogens (primary N) is 2. The van der Waals surface area contributed by atoms with E-state index in [4.69, 9.17) is 30.8 Å². The molecule has 8 N–H and O–H groups in total. The monoisotopic (exact) mass is 1050 g/mol. The van der Waals surface area contributed by atoms with Crippen LogP contribution in [-0.2, 0) is 27.2 Å². The molecule has 0 unspecified atom stereocenters. The SMILES string of the molecule is CC[C@H](C)[C@@H](C(=O)N1CCN(c2nc(Nc3ccc(-c4c5ccc(=O)cc-5oc5cc(O)ccc45)c(C(=O)O)c3)nc(N3CCN(C(=O)[C@H](C)n4cc(CCCN=C(N)N)nn4)CC3)n2)CC1)n1cc(CCC(=O)O)nn1. The summed E-state index contributed by atoms with van der Waals surface area (Å²) in [6.45, 7) is 8.90. The van der Waals surface area contributed by atoms with Crippen molar-refractivity contribution in [1.29, 1.82) is 0 Å². The number of hydrogen-bond acceptors (Lipinski definition) is 18. The number of aromatic nitrogens is 9. The van der Waals surface area contributed by atoms with Crippen molar-refractivity contribution < 1.29 is 38.9 Å². The number of hydrogen-bond donors (Lipinski definition) is 6. The predicted octanol–water partition coefficient (Wildman–Crippen LogP) is 3.15. The van der Waals surface area contributed by atoms with Crippen molar-refractivity contribution in [3.63, 3.8) is 0 Å². The van der Waals surface area contributed by atoms with Gasteiger partial charge in [-0.2, -0.15) is 15.0 Å². The van der Waals surface area contributed by atoms with E-state index in [1.807, 2.05) is 23.6 Å². The Balaban J connectivity index is 0.977. The topological polar surface area (TPSA) is 349 Å². The van der Waals surface area contributed by atoms with Gasteiger partial charge in [0.05, 0.1) is 23.4 Å². The van der Waals surface area contributed by atoms with Gasteiger partial charge in [0.2, 0.25) is 29.7 Å². The molecule has 2 fully saturated rings. The molecule has 0 spiro atoms. The number of phenolic OH excluding ortho intramolecular Hbond substituents is 1. The zero-order valence-corrected chi connectivity index (χ0v) is 42.7. The number of nitrogens with one attached hydrogen (secondary N) is 1. The summed E-state index contributed by atoms with van der Waals surface area (Å²) in [6, 6.07) is 12.3. The van der Waals surface area contributed by atoms with E-state index in [0.717, 1.165) is 0 Å². The lowest BCUT2D eigenvalue weighted by Gasteiger charge is -2.38. The van der Waals surface area contributed by atoms with Crippen LogP contribution in [0, 0.1) is 5.92 Å². The van der Waals surface area contributed by atoms with E-state index in [1.165, 1.54) is 35.0 Å². The van der Waals surface area contributed by atoms with Gasteiger partial charge in [0.25, 0.3) is 0 Å². The number of carbonyl (C=O) groups excluding carboxylic acids is 2. The van der Waals surface area contributed by atoms with Crippen molar-refractivity contribution in [2.24, 2.45) is 22.4 Å². The lowest BCUT2D eigenvalue weighted by atomic mass is 9.90. The Hall–Kier alpha value is -9.23. The van der Waals surface area contributed by atoms with Crippen LogP contribution in [0.4, 0.5) is 23.5 Å². The number of carboxylic acid groups (broad SMARTS) is 2. The number of rotatable bonds is 19. The highest BCUT2D eigenvalue weighted by Gasteiger charge is 2.35. The Morgan fingerprint density at radius 1 is 0.766 bits per heavy atom. The Morgan fingerprint density at radius 3 is 2.05 bits per heavy atom. The first-order valence-corrected chi connectivity index (χ1v) is 25.3. The number of anilines is 4. The van der Waals surface area contributed by atoms with Crippen molar-refractivity contribution in [2.75, 3.05) is 74.0 Å². The molecule has 3 atom stereocenters. The van der Waals surface area contributed by atoms with Crippen LogP contribution in [0.15, 0.2) is 81.2 Å². The third-order valence-electron chi connectivity index (χ3n) is 13.9. The average molecular weight is 1050 g/mol. The molecule has 2 aromatic carbocycles. The van der Waals surface area contributed by atoms with E-state index in [0.29, 0.717) is 129 Å². The number of aromatic hydroxyl groups is 1. The zero-order valence-electron chi connectivity index (χ0n) is 42.7. The number of carboxylic acids is 2. The van der Waals surface area contributed by atoms with Gasteiger partial charge in [-0.1, -0.05) is 36.8 Å². The number of nitrogens with zero attached hydrogens (tertiary/aromatic N) is 14. The molecule has 2 saturated heterocycles. The van der Waals surface area contributed by atoms with Gasteiger partial charge < -0.3 is 56.1 Å². The summed E-state index contributed by atoms with van der Waals surface area (Å²) < 4.78 is 9.09. The molecule has 0 bridgehead atoms. The van der Waals surface area contributed by atoms with Crippen LogP contribution >= 0.6 is 0 Å². The summed E-state index contributed by atoms with van der Waals surface area (Å²) in [7, 11) is 0. The quantitative estimate of drug-likeness (QED) is 0.0293. The Bertz CT molecular complexity index is 3370. The number of aliphatic imine (C=N–C) groups is 1. The lowest BCUT2D eigenvalue weighted by Crippen LogP contribution is -2.52. The van der Waals surface area contributed by atoms with Gasteiger partial charge in [0.1, 0.15) is 29.2 Å². The third kappa shape index (κ3) is 11.8. The van der Waals surface area contributed by atoms with Gasteiger partial charge in [-0.15, -0.1) is 10.2 Å².